The molecule has 13 heavy (non-hydrogen) atoms. The van der Waals surface area contributed by atoms with E-state index in [1.807, 2.05) is 4.90 Å². The van der Waals surface area contributed by atoms with Crippen LogP contribution in [0.3, 0.4) is 0 Å². The van der Waals surface area contributed by atoms with E-state index in [9.17, 15) is 4.79 Å². The van der Waals surface area contributed by atoms with Crippen molar-refractivity contribution in [3.8, 4) is 0 Å². The number of piperidine rings is 1. The van der Waals surface area contributed by atoms with Crippen molar-refractivity contribution in [2.24, 2.45) is 0 Å². The Labute approximate surface area is 79.1 Å². The molecule has 1 N–H and O–H groups in total. The molecule has 0 aliphatic carbocycles. The fourth-order valence-electron chi connectivity index (χ4n) is 1.79. The normalized spacial score (nSPS) is 25.0. The second-order valence-electron chi connectivity index (χ2n) is 3.89. The Morgan fingerprint density at radius 2 is 2.31 bits per heavy atom. The van der Waals surface area contributed by atoms with Crippen LogP contribution in [-0.4, -0.2) is 60.6 Å². The highest BCUT2D eigenvalue weighted by Crippen LogP contribution is 2.12. The molecule has 1 saturated heterocycles. The van der Waals surface area contributed by atoms with E-state index in [0.717, 1.165) is 19.5 Å². The molecule has 1 atom stereocenters. The van der Waals surface area contributed by atoms with Crippen LogP contribution >= 0.6 is 0 Å². The van der Waals surface area contributed by atoms with Crippen LogP contribution in [-0.2, 0) is 4.79 Å². The maximum absolute atomic E-state index is 10.5. The molecule has 0 aromatic heterocycles. The summed E-state index contributed by atoms with van der Waals surface area (Å²) >= 11 is 0. The zero-order valence-electron chi connectivity index (χ0n) is 8.36. The van der Waals surface area contributed by atoms with Gasteiger partial charge in [-0.25, -0.2) is 0 Å². The van der Waals surface area contributed by atoms with E-state index in [0.29, 0.717) is 6.04 Å². The number of rotatable bonds is 3. The van der Waals surface area contributed by atoms with Gasteiger partial charge in [-0.1, -0.05) is 0 Å². The molecule has 4 nitrogen and oxygen atoms in total. The van der Waals surface area contributed by atoms with E-state index in [-0.39, 0.29) is 6.54 Å². The summed E-state index contributed by atoms with van der Waals surface area (Å²) in [5.41, 5.74) is 0. The molecule has 1 fully saturated rings. The minimum Gasteiger partial charge on any atom is -0.480 e. The van der Waals surface area contributed by atoms with Gasteiger partial charge in [0.15, 0.2) is 0 Å². The Bertz CT molecular complexity index is 182. The zero-order valence-corrected chi connectivity index (χ0v) is 8.36. The highest BCUT2D eigenvalue weighted by atomic mass is 16.4. The molecule has 1 unspecified atom stereocenters. The molecule has 0 bridgehead atoms. The molecule has 1 rings (SSSR count). The lowest BCUT2D eigenvalue weighted by Gasteiger charge is -2.35. The van der Waals surface area contributed by atoms with Crippen molar-refractivity contribution in [3.63, 3.8) is 0 Å². The molecule has 0 amide bonds. The van der Waals surface area contributed by atoms with Crippen molar-refractivity contribution in [2.75, 3.05) is 33.7 Å². The molecule has 0 saturated carbocycles. The van der Waals surface area contributed by atoms with Gasteiger partial charge in [-0.2, -0.15) is 0 Å². The van der Waals surface area contributed by atoms with Crippen molar-refractivity contribution >= 4 is 5.97 Å². The van der Waals surface area contributed by atoms with Crippen LogP contribution in [0.25, 0.3) is 0 Å². The Balaban J connectivity index is 2.37. The Hall–Kier alpha value is -0.610. The SMILES string of the molecule is CN(C)C1CCCN(CC(=O)O)C1. The van der Waals surface area contributed by atoms with Gasteiger partial charge in [0.05, 0.1) is 6.54 Å². The predicted octanol–water partition coefficient (Wildman–Crippen LogP) is 0.0970. The van der Waals surface area contributed by atoms with Gasteiger partial charge in [-0.3, -0.25) is 9.69 Å². The molecule has 0 aromatic rings. The Morgan fingerprint density at radius 1 is 1.62 bits per heavy atom. The number of likely N-dealkylation sites (tertiary alicyclic amines) is 1. The number of carboxylic acid groups (broad SMARTS) is 1. The molecule has 1 aliphatic heterocycles. The summed E-state index contributed by atoms with van der Waals surface area (Å²) in [6.07, 6.45) is 2.29. The number of nitrogens with zero attached hydrogens (tertiary/aromatic N) is 2. The van der Waals surface area contributed by atoms with Gasteiger partial charge in [-0.05, 0) is 33.5 Å². The number of carbonyl (C=O) groups is 1. The number of aliphatic carboxylic acids is 1. The lowest BCUT2D eigenvalue weighted by Crippen LogP contribution is -2.46. The van der Waals surface area contributed by atoms with Crippen molar-refractivity contribution in [2.45, 2.75) is 18.9 Å². The van der Waals surface area contributed by atoms with E-state index in [1.165, 1.54) is 6.42 Å². The molecule has 4 heteroatoms. The molecule has 0 spiro atoms. The predicted molar refractivity (Wildman–Crippen MR) is 50.8 cm³/mol. The first-order valence-corrected chi connectivity index (χ1v) is 4.70. The third-order valence-electron chi connectivity index (χ3n) is 2.57. The van der Waals surface area contributed by atoms with Crippen LogP contribution in [0.1, 0.15) is 12.8 Å². The van der Waals surface area contributed by atoms with E-state index >= 15 is 0 Å². The summed E-state index contributed by atoms with van der Waals surface area (Å²) in [6, 6.07) is 0.521. The molecule has 1 aliphatic rings. The van der Waals surface area contributed by atoms with Crippen LogP contribution in [0, 0.1) is 0 Å². The van der Waals surface area contributed by atoms with Gasteiger partial charge < -0.3 is 10.0 Å². The topological polar surface area (TPSA) is 43.8 Å². The summed E-state index contributed by atoms with van der Waals surface area (Å²) in [4.78, 5) is 14.7. The Morgan fingerprint density at radius 3 is 2.85 bits per heavy atom. The number of carboxylic acids is 1. The van der Waals surface area contributed by atoms with Gasteiger partial charge in [0.25, 0.3) is 0 Å². The lowest BCUT2D eigenvalue weighted by atomic mass is 10.1. The van der Waals surface area contributed by atoms with E-state index < -0.39 is 5.97 Å². The van der Waals surface area contributed by atoms with Crippen molar-refractivity contribution in [3.05, 3.63) is 0 Å². The minimum absolute atomic E-state index is 0.185. The molecule has 0 radical (unpaired) electrons. The molecular weight excluding hydrogens is 168 g/mol. The van der Waals surface area contributed by atoms with Crippen molar-refractivity contribution in [1.29, 1.82) is 0 Å². The first kappa shape index (κ1) is 10.5. The smallest absolute Gasteiger partial charge is 0.317 e. The Kier molecular flexibility index (Phi) is 3.69. The van der Waals surface area contributed by atoms with Crippen molar-refractivity contribution in [1.82, 2.24) is 9.80 Å². The molecule has 76 valence electrons. The van der Waals surface area contributed by atoms with Gasteiger partial charge in [-0.15, -0.1) is 0 Å². The van der Waals surface area contributed by atoms with Gasteiger partial charge >= 0.3 is 5.97 Å². The third-order valence-corrected chi connectivity index (χ3v) is 2.57. The average molecular weight is 186 g/mol. The van der Waals surface area contributed by atoms with E-state index in [1.54, 1.807) is 0 Å². The summed E-state index contributed by atoms with van der Waals surface area (Å²) in [7, 11) is 4.10. The van der Waals surface area contributed by atoms with Gasteiger partial charge in [0, 0.05) is 12.6 Å². The first-order valence-electron chi connectivity index (χ1n) is 4.70. The summed E-state index contributed by atoms with van der Waals surface area (Å²) in [6.45, 7) is 2.00. The summed E-state index contributed by atoms with van der Waals surface area (Å²) in [5.74, 6) is -0.723. The van der Waals surface area contributed by atoms with Gasteiger partial charge in [0.2, 0.25) is 0 Å². The third kappa shape index (κ3) is 3.32. The van der Waals surface area contributed by atoms with E-state index in [4.69, 9.17) is 5.11 Å². The van der Waals surface area contributed by atoms with Crippen molar-refractivity contribution < 1.29 is 9.90 Å². The fraction of sp³-hybridized carbons (Fsp3) is 0.889. The second-order valence-corrected chi connectivity index (χ2v) is 3.89. The van der Waals surface area contributed by atoms with Crippen LogP contribution in [0.15, 0.2) is 0 Å². The minimum atomic E-state index is -0.723. The largest absolute Gasteiger partial charge is 0.480 e. The second kappa shape index (κ2) is 4.58. The lowest BCUT2D eigenvalue weighted by molar-refractivity contribution is -0.138. The van der Waals surface area contributed by atoms with Crippen LogP contribution in [0.5, 0.6) is 0 Å². The summed E-state index contributed by atoms with van der Waals surface area (Å²) < 4.78 is 0. The molecule has 0 aromatic carbocycles. The molecule has 1 heterocycles. The standard InChI is InChI=1S/C9H18N2O2/c1-10(2)8-4-3-5-11(6-8)7-9(12)13/h8H,3-7H2,1-2H3,(H,12,13). The van der Waals surface area contributed by atoms with Crippen LogP contribution in [0.4, 0.5) is 0 Å². The maximum atomic E-state index is 10.5. The number of hydrogen-bond donors (Lipinski definition) is 1. The van der Waals surface area contributed by atoms with E-state index in [2.05, 4.69) is 19.0 Å². The first-order chi connectivity index (χ1) is 6.09. The highest BCUT2D eigenvalue weighted by molar-refractivity contribution is 5.69. The number of likely N-dealkylation sites (N-methyl/N-ethyl adjacent to an activating group) is 1. The van der Waals surface area contributed by atoms with Crippen LogP contribution < -0.4 is 0 Å². The maximum Gasteiger partial charge on any atom is 0.317 e. The molecular formula is C9H18N2O2. The quantitative estimate of drug-likeness (QED) is 0.679. The van der Waals surface area contributed by atoms with Gasteiger partial charge in [0.1, 0.15) is 0 Å². The summed E-state index contributed by atoms with van der Waals surface area (Å²) in [5, 5.41) is 8.64. The zero-order chi connectivity index (χ0) is 9.84. The average Bonchev–Trinajstić information content (AvgIpc) is 2.03. The monoisotopic (exact) mass is 186 g/mol. The highest BCUT2D eigenvalue weighted by Gasteiger charge is 2.22. The number of hydrogen-bond acceptors (Lipinski definition) is 3. The van der Waals surface area contributed by atoms with Crippen LogP contribution in [0.2, 0.25) is 0 Å². The fourth-order valence-corrected chi connectivity index (χ4v) is 1.79.